The van der Waals surface area contributed by atoms with Crippen molar-refractivity contribution in [2.75, 3.05) is 13.2 Å². The van der Waals surface area contributed by atoms with Crippen LogP contribution >= 0.6 is 0 Å². The molecule has 1 unspecified atom stereocenters. The molecule has 2 heterocycles. The van der Waals surface area contributed by atoms with Crippen molar-refractivity contribution in [3.05, 3.63) is 48.2 Å². The van der Waals surface area contributed by atoms with Gasteiger partial charge >= 0.3 is 0 Å². The first-order valence-electron chi connectivity index (χ1n) is 9.94. The van der Waals surface area contributed by atoms with Crippen molar-refractivity contribution in [3.63, 3.8) is 0 Å². The highest BCUT2D eigenvalue weighted by Gasteiger charge is 2.28. The minimum atomic E-state index is -0.810. The number of fused-ring (bicyclic) bond motifs is 1. The third-order valence-electron chi connectivity index (χ3n) is 4.83. The Morgan fingerprint density at radius 3 is 2.79 bits per heavy atom. The fourth-order valence-corrected chi connectivity index (χ4v) is 3.31. The Morgan fingerprint density at radius 1 is 1.24 bits per heavy atom. The summed E-state index contributed by atoms with van der Waals surface area (Å²) in [4.78, 5) is 25.6. The largest absolute Gasteiger partial charge is 0.451 e. The van der Waals surface area contributed by atoms with Gasteiger partial charge in [0.1, 0.15) is 11.6 Å². The van der Waals surface area contributed by atoms with Crippen LogP contribution in [-0.2, 0) is 9.53 Å². The van der Waals surface area contributed by atoms with Crippen LogP contribution in [0.15, 0.2) is 46.9 Å². The molecule has 0 saturated carbocycles. The first kappa shape index (κ1) is 21.1. The number of hydrogen-bond acceptors (Lipinski definition) is 5. The minimum absolute atomic E-state index is 0.148. The molecule has 3 N–H and O–H groups in total. The third-order valence-corrected chi connectivity index (χ3v) is 4.83. The Hall–Kier alpha value is -2.64. The van der Waals surface area contributed by atoms with Crippen LogP contribution in [-0.4, -0.2) is 48.3 Å². The number of aliphatic hydroxyl groups excluding tert-OH is 1. The molecule has 3 atom stereocenters. The molecule has 156 valence electrons. The van der Waals surface area contributed by atoms with Crippen LogP contribution in [0.1, 0.15) is 37.2 Å². The maximum atomic E-state index is 12.9. The fraction of sp³-hybridized carbons (Fsp3) is 0.455. The standard InChI is InChI=1S/C22H28N2O5/c1-14(2)11-17(21(26)23-16-8-5-6-10-28-13-18(16)25)24-22(27)20-12-15-7-3-4-9-19(15)29-20/h3-7,9,12,14,16-18,25H,8,10-11,13H2,1-2H3,(H,23,26)(H,24,27)/t16?,17-,18+/m0/s1. The fourth-order valence-electron chi connectivity index (χ4n) is 3.31. The van der Waals surface area contributed by atoms with Gasteiger partial charge in [-0.2, -0.15) is 0 Å². The van der Waals surface area contributed by atoms with E-state index in [-0.39, 0.29) is 24.2 Å². The van der Waals surface area contributed by atoms with Crippen molar-refractivity contribution >= 4 is 22.8 Å². The van der Waals surface area contributed by atoms with Gasteiger partial charge in [0.15, 0.2) is 5.76 Å². The lowest BCUT2D eigenvalue weighted by Crippen LogP contribution is -2.53. The average Bonchev–Trinajstić information content (AvgIpc) is 3.11. The lowest BCUT2D eigenvalue weighted by molar-refractivity contribution is -0.125. The Morgan fingerprint density at radius 2 is 2.03 bits per heavy atom. The molecular formula is C22H28N2O5. The smallest absolute Gasteiger partial charge is 0.287 e. The Labute approximate surface area is 170 Å². The second-order valence-corrected chi connectivity index (χ2v) is 7.73. The topological polar surface area (TPSA) is 101 Å². The summed E-state index contributed by atoms with van der Waals surface area (Å²) in [6.07, 6.45) is 3.89. The van der Waals surface area contributed by atoms with Gasteiger partial charge in [0.2, 0.25) is 5.91 Å². The predicted molar refractivity (Wildman–Crippen MR) is 109 cm³/mol. The predicted octanol–water partition coefficient (Wildman–Crippen LogP) is 2.40. The molecule has 0 spiro atoms. The van der Waals surface area contributed by atoms with Gasteiger partial charge in [-0.1, -0.05) is 44.2 Å². The van der Waals surface area contributed by atoms with E-state index in [4.69, 9.17) is 9.15 Å². The molecule has 1 aromatic carbocycles. The summed E-state index contributed by atoms with van der Waals surface area (Å²) in [5.74, 6) is -0.424. The summed E-state index contributed by atoms with van der Waals surface area (Å²) >= 11 is 0. The number of ether oxygens (including phenoxy) is 1. The van der Waals surface area contributed by atoms with E-state index in [0.717, 1.165) is 5.39 Å². The third kappa shape index (κ3) is 5.68. The Bertz CT molecular complexity index is 840. The summed E-state index contributed by atoms with van der Waals surface area (Å²) in [6.45, 7) is 4.56. The summed E-state index contributed by atoms with van der Waals surface area (Å²) in [6, 6.07) is 7.80. The second kappa shape index (κ2) is 9.71. The van der Waals surface area contributed by atoms with Crippen LogP contribution in [0.2, 0.25) is 0 Å². The number of furan rings is 1. The Kier molecular flexibility index (Phi) is 7.06. The van der Waals surface area contributed by atoms with E-state index in [1.807, 2.05) is 44.2 Å². The molecule has 7 nitrogen and oxygen atoms in total. The SMILES string of the molecule is CC(C)C[C@H](NC(=O)c1cc2ccccc2o1)C(=O)NC1CC=CCOC[C@H]1O. The van der Waals surface area contributed by atoms with E-state index < -0.39 is 24.1 Å². The van der Waals surface area contributed by atoms with Gasteiger partial charge in [0.25, 0.3) is 5.91 Å². The zero-order valence-corrected chi connectivity index (χ0v) is 16.8. The van der Waals surface area contributed by atoms with Crippen LogP contribution < -0.4 is 10.6 Å². The zero-order valence-electron chi connectivity index (χ0n) is 16.8. The summed E-state index contributed by atoms with van der Waals surface area (Å²) in [5.41, 5.74) is 0.618. The molecule has 1 aliphatic rings. The van der Waals surface area contributed by atoms with Gasteiger partial charge in [-0.25, -0.2) is 0 Å². The van der Waals surface area contributed by atoms with Crippen LogP contribution in [0.3, 0.4) is 0 Å². The number of rotatable bonds is 6. The van der Waals surface area contributed by atoms with E-state index in [9.17, 15) is 14.7 Å². The van der Waals surface area contributed by atoms with E-state index in [1.54, 1.807) is 12.1 Å². The lowest BCUT2D eigenvalue weighted by atomic mass is 10.0. The number of para-hydroxylation sites is 1. The molecule has 2 amide bonds. The van der Waals surface area contributed by atoms with Crippen LogP contribution in [0, 0.1) is 5.92 Å². The summed E-state index contributed by atoms with van der Waals surface area (Å²) in [5, 5.41) is 16.7. The van der Waals surface area contributed by atoms with Crippen molar-refractivity contribution in [3.8, 4) is 0 Å². The van der Waals surface area contributed by atoms with Gasteiger partial charge in [-0.15, -0.1) is 0 Å². The lowest BCUT2D eigenvalue weighted by Gasteiger charge is -2.27. The molecule has 0 saturated heterocycles. The van der Waals surface area contributed by atoms with E-state index in [0.29, 0.717) is 25.0 Å². The quantitative estimate of drug-likeness (QED) is 0.647. The molecule has 0 aliphatic carbocycles. The van der Waals surface area contributed by atoms with Crippen molar-refractivity contribution in [1.82, 2.24) is 10.6 Å². The molecule has 3 rings (SSSR count). The molecule has 1 aliphatic heterocycles. The maximum Gasteiger partial charge on any atom is 0.287 e. The van der Waals surface area contributed by atoms with Gasteiger partial charge in [0.05, 0.1) is 25.4 Å². The highest BCUT2D eigenvalue weighted by atomic mass is 16.5. The van der Waals surface area contributed by atoms with Crippen LogP contribution in [0.5, 0.6) is 0 Å². The molecule has 0 bridgehead atoms. The second-order valence-electron chi connectivity index (χ2n) is 7.73. The van der Waals surface area contributed by atoms with Gasteiger partial charge in [-0.3, -0.25) is 9.59 Å². The van der Waals surface area contributed by atoms with Crippen LogP contribution in [0.4, 0.5) is 0 Å². The number of benzene rings is 1. The van der Waals surface area contributed by atoms with Crippen molar-refractivity contribution in [2.45, 2.75) is 44.9 Å². The molecule has 2 aromatic rings. The molecule has 29 heavy (non-hydrogen) atoms. The number of amides is 2. The first-order valence-corrected chi connectivity index (χ1v) is 9.94. The van der Waals surface area contributed by atoms with Crippen molar-refractivity contribution in [1.29, 1.82) is 0 Å². The highest BCUT2D eigenvalue weighted by molar-refractivity contribution is 5.98. The summed E-state index contributed by atoms with van der Waals surface area (Å²) in [7, 11) is 0. The van der Waals surface area contributed by atoms with Gasteiger partial charge < -0.3 is 24.9 Å². The number of carbonyl (C=O) groups excluding carboxylic acids is 2. The first-order chi connectivity index (χ1) is 13.9. The minimum Gasteiger partial charge on any atom is -0.451 e. The molecule has 0 fully saturated rings. The number of nitrogens with one attached hydrogen (secondary N) is 2. The van der Waals surface area contributed by atoms with Crippen LogP contribution in [0.25, 0.3) is 11.0 Å². The van der Waals surface area contributed by atoms with E-state index in [2.05, 4.69) is 10.6 Å². The number of hydrogen-bond donors (Lipinski definition) is 3. The normalized spacial score (nSPS) is 20.8. The summed E-state index contributed by atoms with van der Waals surface area (Å²) < 4.78 is 10.9. The maximum absolute atomic E-state index is 12.9. The highest BCUT2D eigenvalue weighted by Crippen LogP contribution is 2.19. The zero-order chi connectivity index (χ0) is 20.8. The van der Waals surface area contributed by atoms with E-state index >= 15 is 0 Å². The van der Waals surface area contributed by atoms with Crippen molar-refractivity contribution < 1.29 is 23.8 Å². The Balaban J connectivity index is 1.70. The molecule has 7 heteroatoms. The monoisotopic (exact) mass is 400 g/mol. The number of carbonyl (C=O) groups is 2. The number of aliphatic hydroxyl groups is 1. The molecular weight excluding hydrogens is 372 g/mol. The molecule has 1 aromatic heterocycles. The van der Waals surface area contributed by atoms with Gasteiger partial charge in [0, 0.05) is 5.39 Å². The van der Waals surface area contributed by atoms with Crippen molar-refractivity contribution in [2.24, 2.45) is 5.92 Å². The average molecular weight is 400 g/mol. The molecule has 0 radical (unpaired) electrons. The van der Waals surface area contributed by atoms with E-state index in [1.165, 1.54) is 0 Å². The van der Waals surface area contributed by atoms with Gasteiger partial charge in [-0.05, 0) is 30.9 Å².